The van der Waals surface area contributed by atoms with E-state index >= 15 is 0 Å². The van der Waals surface area contributed by atoms with Crippen LogP contribution < -0.4 is 4.74 Å². The first-order valence-electron chi connectivity index (χ1n) is 8.20. The number of pyridine rings is 1. The zero-order chi connectivity index (χ0) is 20.5. The molecule has 1 aliphatic carbocycles. The number of halogens is 5. The van der Waals surface area contributed by atoms with Gasteiger partial charge in [0.05, 0.1) is 24.3 Å². The number of carbonyl (C=O) groups excluding carboxylic acids is 1. The van der Waals surface area contributed by atoms with Crippen molar-refractivity contribution >= 4 is 5.78 Å². The van der Waals surface area contributed by atoms with E-state index in [1.807, 2.05) is 0 Å². The smallest absolute Gasteiger partial charge is 0.395 e. The van der Waals surface area contributed by atoms with Crippen LogP contribution >= 0.6 is 0 Å². The molecule has 0 fully saturated rings. The number of aromatic nitrogens is 1. The van der Waals surface area contributed by atoms with Crippen LogP contribution in [0.3, 0.4) is 0 Å². The minimum atomic E-state index is -4.45. The highest BCUT2D eigenvalue weighted by atomic mass is 19.4. The highest BCUT2D eigenvalue weighted by Gasteiger charge is 2.38. The van der Waals surface area contributed by atoms with Crippen molar-refractivity contribution in [2.45, 2.75) is 12.6 Å². The first-order valence-corrected chi connectivity index (χ1v) is 8.20. The molecular weight excluding hydrogens is 381 g/mol. The lowest BCUT2D eigenvalue weighted by molar-refractivity contribution is -0.160. The van der Waals surface area contributed by atoms with Crippen molar-refractivity contribution in [3.05, 3.63) is 71.5 Å². The predicted molar refractivity (Wildman–Crippen MR) is 91.9 cm³/mol. The number of hydrogen-bond donors (Lipinski definition) is 0. The number of nitrogens with zero attached hydrogens (tertiary/aromatic N) is 1. The summed E-state index contributed by atoms with van der Waals surface area (Å²) in [5, 5.41) is 0. The zero-order valence-electron chi connectivity index (χ0n) is 14.6. The number of methoxy groups -OCH3 is 1. The average molecular weight is 395 g/mol. The molecule has 0 N–H and O–H groups in total. The number of benzene rings is 1. The summed E-state index contributed by atoms with van der Waals surface area (Å²) in [6, 6.07) is 5.00. The Morgan fingerprint density at radius 1 is 1.21 bits per heavy atom. The van der Waals surface area contributed by atoms with Gasteiger partial charge in [0.25, 0.3) is 0 Å². The summed E-state index contributed by atoms with van der Waals surface area (Å²) in [4.78, 5) is 16.6. The van der Waals surface area contributed by atoms with Crippen LogP contribution in [0.2, 0.25) is 0 Å². The highest BCUT2D eigenvalue weighted by molar-refractivity contribution is 6.11. The fourth-order valence-electron chi connectivity index (χ4n) is 2.82. The summed E-state index contributed by atoms with van der Waals surface area (Å²) in [7, 11) is 1.41. The van der Waals surface area contributed by atoms with Crippen LogP contribution in [0.15, 0.2) is 54.3 Å². The lowest BCUT2D eigenvalue weighted by Gasteiger charge is -2.19. The third-order valence-electron chi connectivity index (χ3n) is 4.34. The van der Waals surface area contributed by atoms with Crippen LogP contribution in [-0.2, 0) is 0 Å². The summed E-state index contributed by atoms with van der Waals surface area (Å²) in [6.45, 7) is 0. The largest absolute Gasteiger partial charge is 0.497 e. The first kappa shape index (κ1) is 19.7. The van der Waals surface area contributed by atoms with Gasteiger partial charge < -0.3 is 4.74 Å². The number of ether oxygens (including phenoxy) is 1. The molecule has 1 aromatic carbocycles. The van der Waals surface area contributed by atoms with Crippen molar-refractivity contribution in [3.63, 3.8) is 0 Å². The van der Waals surface area contributed by atoms with Gasteiger partial charge in [0, 0.05) is 23.4 Å². The van der Waals surface area contributed by atoms with Crippen LogP contribution in [-0.4, -0.2) is 24.1 Å². The van der Waals surface area contributed by atoms with Gasteiger partial charge in [-0.3, -0.25) is 9.78 Å². The van der Waals surface area contributed by atoms with Crippen molar-refractivity contribution in [1.29, 1.82) is 0 Å². The van der Waals surface area contributed by atoms with E-state index in [9.17, 15) is 26.7 Å². The molecule has 1 heterocycles. The summed E-state index contributed by atoms with van der Waals surface area (Å²) in [6.07, 6.45) is -0.759. The van der Waals surface area contributed by atoms with E-state index in [2.05, 4.69) is 4.98 Å². The van der Waals surface area contributed by atoms with Crippen LogP contribution in [0, 0.1) is 17.6 Å². The number of ketones is 1. The van der Waals surface area contributed by atoms with E-state index in [4.69, 9.17) is 4.74 Å². The van der Waals surface area contributed by atoms with E-state index in [0.29, 0.717) is 5.75 Å². The number of allylic oxidation sites excluding steroid dienone is 4. The standard InChI is InChI=1S/C20H14F5NO2/c1-28-13-8-9-26-16(10-13)14-6-7-15(21)17(18(14)22)19(27)11-2-4-12(5-3-11)20(23,24)25/h2-4,6-10,12H,5H2,1H3. The van der Waals surface area contributed by atoms with Crippen molar-refractivity contribution in [1.82, 2.24) is 4.98 Å². The number of Topliss-reactive ketones (excluding diaryl/α,β-unsaturated/α-hetero) is 1. The minimum absolute atomic E-state index is 0.121. The third-order valence-corrected chi connectivity index (χ3v) is 4.34. The Hall–Kier alpha value is -3.03. The lowest BCUT2D eigenvalue weighted by Crippen LogP contribution is -2.22. The molecule has 1 unspecified atom stereocenters. The van der Waals surface area contributed by atoms with E-state index < -0.39 is 41.5 Å². The second-order valence-corrected chi connectivity index (χ2v) is 6.10. The van der Waals surface area contributed by atoms with Gasteiger partial charge in [-0.15, -0.1) is 0 Å². The molecule has 1 atom stereocenters. The molecule has 1 aromatic heterocycles. The maximum Gasteiger partial charge on any atom is 0.395 e. The van der Waals surface area contributed by atoms with Gasteiger partial charge in [-0.05, 0) is 24.6 Å². The maximum atomic E-state index is 15.0. The van der Waals surface area contributed by atoms with Gasteiger partial charge in [-0.25, -0.2) is 8.78 Å². The number of rotatable bonds is 4. The lowest BCUT2D eigenvalue weighted by atomic mass is 9.91. The Balaban J connectivity index is 1.98. The monoisotopic (exact) mass is 395 g/mol. The minimum Gasteiger partial charge on any atom is -0.497 e. The Morgan fingerprint density at radius 3 is 2.57 bits per heavy atom. The molecule has 0 saturated heterocycles. The molecule has 0 aliphatic heterocycles. The topological polar surface area (TPSA) is 39.2 Å². The summed E-state index contributed by atoms with van der Waals surface area (Å²) in [5.74, 6) is -4.63. The van der Waals surface area contributed by atoms with Crippen molar-refractivity contribution in [3.8, 4) is 17.0 Å². The Labute approximate surface area is 157 Å². The quantitative estimate of drug-likeness (QED) is 0.522. The molecule has 0 bridgehead atoms. The van der Waals surface area contributed by atoms with Crippen LogP contribution in [0.4, 0.5) is 22.0 Å². The van der Waals surface area contributed by atoms with Gasteiger partial charge in [0.2, 0.25) is 0 Å². The average Bonchev–Trinajstić information content (AvgIpc) is 2.67. The second-order valence-electron chi connectivity index (χ2n) is 6.10. The van der Waals surface area contributed by atoms with Crippen LogP contribution in [0.5, 0.6) is 5.75 Å². The van der Waals surface area contributed by atoms with Crippen LogP contribution in [0.1, 0.15) is 16.8 Å². The Bertz CT molecular complexity index is 979. The number of hydrogen-bond acceptors (Lipinski definition) is 3. The van der Waals surface area contributed by atoms with Crippen molar-refractivity contribution in [2.75, 3.05) is 7.11 Å². The van der Waals surface area contributed by atoms with Gasteiger partial charge in [-0.2, -0.15) is 13.2 Å². The fraction of sp³-hybridized carbons (Fsp3) is 0.200. The second kappa shape index (κ2) is 7.53. The van der Waals surface area contributed by atoms with Crippen LogP contribution in [0.25, 0.3) is 11.3 Å². The molecule has 2 aromatic rings. The van der Waals surface area contributed by atoms with E-state index in [-0.39, 0.29) is 16.8 Å². The van der Waals surface area contributed by atoms with Gasteiger partial charge >= 0.3 is 6.18 Å². The summed E-state index contributed by atoms with van der Waals surface area (Å²) < 4.78 is 72.4. The Kier molecular flexibility index (Phi) is 5.31. The molecule has 0 spiro atoms. The molecule has 0 saturated carbocycles. The highest BCUT2D eigenvalue weighted by Crippen LogP contribution is 2.35. The molecule has 3 rings (SSSR count). The number of alkyl halides is 3. The first-order chi connectivity index (χ1) is 13.2. The van der Waals surface area contributed by atoms with E-state index in [0.717, 1.165) is 30.4 Å². The SMILES string of the molecule is COc1ccnc(-c2ccc(F)c(C(=O)C3=CCC(C(F)(F)F)C=C3)c2F)c1. The molecule has 146 valence electrons. The predicted octanol–water partition coefficient (Wildman–Crippen LogP) is 5.28. The van der Waals surface area contributed by atoms with Gasteiger partial charge in [0.15, 0.2) is 5.78 Å². The summed E-state index contributed by atoms with van der Waals surface area (Å²) >= 11 is 0. The zero-order valence-corrected chi connectivity index (χ0v) is 14.6. The fourth-order valence-corrected chi connectivity index (χ4v) is 2.82. The molecule has 1 aliphatic rings. The molecule has 0 amide bonds. The molecule has 8 heteroatoms. The maximum absolute atomic E-state index is 15.0. The van der Waals surface area contributed by atoms with Crippen molar-refractivity contribution < 1.29 is 31.5 Å². The van der Waals surface area contributed by atoms with Gasteiger partial charge in [0.1, 0.15) is 17.4 Å². The molecule has 3 nitrogen and oxygen atoms in total. The Morgan fingerprint density at radius 2 is 1.96 bits per heavy atom. The molecular formula is C20H14F5NO2. The molecule has 0 radical (unpaired) electrons. The summed E-state index contributed by atoms with van der Waals surface area (Å²) in [5.41, 5.74) is -1.05. The number of carbonyl (C=O) groups is 1. The third kappa shape index (κ3) is 3.81. The normalized spacial score (nSPS) is 16.6. The van der Waals surface area contributed by atoms with E-state index in [1.54, 1.807) is 0 Å². The van der Waals surface area contributed by atoms with Crippen molar-refractivity contribution in [2.24, 2.45) is 5.92 Å². The molecule has 28 heavy (non-hydrogen) atoms. The van der Waals surface area contributed by atoms with Gasteiger partial charge in [-0.1, -0.05) is 18.2 Å². The van der Waals surface area contributed by atoms with E-state index in [1.165, 1.54) is 25.4 Å².